The van der Waals surface area contributed by atoms with Crippen LogP contribution in [0.3, 0.4) is 0 Å². The third-order valence-corrected chi connectivity index (χ3v) is 1.08. The van der Waals surface area contributed by atoms with Crippen LogP contribution >= 0.6 is 0 Å². The lowest BCUT2D eigenvalue weighted by Crippen LogP contribution is -2.07. The molecule has 1 heterocycles. The fourth-order valence-electron chi connectivity index (χ4n) is 0.573. The molecule has 0 fully saturated rings. The number of pyridine rings is 1. The van der Waals surface area contributed by atoms with Gasteiger partial charge in [-0.25, -0.2) is 0 Å². The Labute approximate surface area is 61.9 Å². The van der Waals surface area contributed by atoms with Crippen LogP contribution in [-0.2, 0) is 6.18 Å². The van der Waals surface area contributed by atoms with Crippen molar-refractivity contribution < 1.29 is 13.2 Å². The van der Waals surface area contributed by atoms with Crippen LogP contribution < -0.4 is 0 Å². The van der Waals surface area contributed by atoms with Crippen LogP contribution in [-0.4, -0.2) is 4.98 Å². The number of rotatable bonds is 0. The van der Waals surface area contributed by atoms with Crippen molar-refractivity contribution in [1.82, 2.24) is 4.98 Å². The molecule has 0 spiro atoms. The molecule has 0 bridgehead atoms. The van der Waals surface area contributed by atoms with E-state index >= 15 is 0 Å². The smallest absolute Gasteiger partial charge is 0.251 e. The molecule has 1 aromatic heterocycles. The predicted molar refractivity (Wildman–Crippen MR) is 32.6 cm³/mol. The maximum Gasteiger partial charge on any atom is 0.433 e. The zero-order valence-corrected chi connectivity index (χ0v) is 5.39. The van der Waals surface area contributed by atoms with Gasteiger partial charge in [-0.2, -0.15) is 13.2 Å². The van der Waals surface area contributed by atoms with E-state index in [4.69, 9.17) is 6.92 Å². The molecule has 0 saturated carbocycles. The Morgan fingerprint density at radius 2 is 1.91 bits per heavy atom. The number of halogens is 3. The van der Waals surface area contributed by atoms with Crippen molar-refractivity contribution in [3.05, 3.63) is 36.5 Å². The van der Waals surface area contributed by atoms with Crippen molar-refractivity contribution in [2.24, 2.45) is 0 Å². The summed E-state index contributed by atoms with van der Waals surface area (Å²) in [4.78, 5) is 3.10. The monoisotopic (exact) mass is 159 g/mol. The third kappa shape index (κ3) is 1.93. The molecule has 1 aromatic rings. The first-order valence-corrected chi connectivity index (χ1v) is 2.79. The summed E-state index contributed by atoms with van der Waals surface area (Å²) in [5.74, 6) is 0. The molecule has 0 unspecified atom stereocenters. The normalized spacial score (nSPS) is 11.6. The quantitative estimate of drug-likeness (QED) is 0.565. The van der Waals surface area contributed by atoms with Gasteiger partial charge in [0.2, 0.25) is 0 Å². The maximum absolute atomic E-state index is 11.8. The molecule has 0 atom stereocenters. The summed E-state index contributed by atoms with van der Waals surface area (Å²) in [6.07, 6.45) is -3.41. The van der Waals surface area contributed by atoms with Crippen LogP contribution in [0.4, 0.5) is 13.2 Å². The molecule has 0 aliphatic carbocycles. The van der Waals surface area contributed by atoms with Gasteiger partial charge in [0.05, 0.1) is 0 Å². The van der Waals surface area contributed by atoms with Crippen molar-refractivity contribution >= 4 is 0 Å². The molecule has 0 amide bonds. The molecule has 2 radical (unpaired) electrons. The molecule has 0 saturated heterocycles. The van der Waals surface area contributed by atoms with Crippen molar-refractivity contribution in [2.45, 2.75) is 6.18 Å². The second-order valence-electron chi connectivity index (χ2n) is 1.97. The lowest BCUT2D eigenvalue weighted by molar-refractivity contribution is -0.141. The summed E-state index contributed by atoms with van der Waals surface area (Å²) in [5.41, 5.74) is -0.704. The Morgan fingerprint density at radius 1 is 1.27 bits per heavy atom. The van der Waals surface area contributed by atoms with Gasteiger partial charge in [-0.15, -0.1) is 0 Å². The first-order chi connectivity index (χ1) is 5.00. The lowest BCUT2D eigenvalue weighted by atomic mass is 10.3. The van der Waals surface area contributed by atoms with Crippen molar-refractivity contribution in [2.75, 3.05) is 0 Å². The van der Waals surface area contributed by atoms with E-state index in [1.807, 2.05) is 0 Å². The maximum atomic E-state index is 11.8. The first kappa shape index (κ1) is 8.04. The van der Waals surface area contributed by atoms with Gasteiger partial charge >= 0.3 is 6.18 Å². The molecule has 0 aliphatic rings. The van der Waals surface area contributed by atoms with Gasteiger partial charge in [0.1, 0.15) is 5.69 Å². The van der Waals surface area contributed by atoms with Crippen LogP contribution in [0.2, 0.25) is 0 Å². The highest BCUT2D eigenvalue weighted by atomic mass is 19.4. The van der Waals surface area contributed by atoms with Crippen LogP contribution in [0, 0.1) is 6.92 Å². The minimum absolute atomic E-state index is 0.220. The lowest BCUT2D eigenvalue weighted by Gasteiger charge is -2.03. The van der Waals surface area contributed by atoms with Gasteiger partial charge in [0.15, 0.2) is 0 Å². The SMILES string of the molecule is [CH]c1ccc(C(F)(F)F)nc1. The number of aromatic nitrogens is 1. The van der Waals surface area contributed by atoms with Gasteiger partial charge in [-0.1, -0.05) is 6.07 Å². The van der Waals surface area contributed by atoms with Gasteiger partial charge < -0.3 is 0 Å². The van der Waals surface area contributed by atoms with Gasteiger partial charge in [0, 0.05) is 13.1 Å². The molecule has 1 nitrogen and oxygen atoms in total. The highest BCUT2D eigenvalue weighted by molar-refractivity contribution is 5.17. The first-order valence-electron chi connectivity index (χ1n) is 2.79. The molecule has 0 aliphatic heterocycles. The van der Waals surface area contributed by atoms with E-state index in [9.17, 15) is 13.2 Å². The number of nitrogens with zero attached hydrogens (tertiary/aromatic N) is 1. The van der Waals surface area contributed by atoms with Crippen LogP contribution in [0.1, 0.15) is 11.3 Å². The Balaban J connectivity index is 2.99. The average molecular weight is 159 g/mol. The summed E-state index contributed by atoms with van der Waals surface area (Å²) >= 11 is 0. The van der Waals surface area contributed by atoms with Crippen LogP contribution in [0.5, 0.6) is 0 Å². The number of alkyl halides is 3. The molecule has 0 N–H and O–H groups in total. The summed E-state index contributed by atoms with van der Waals surface area (Å²) in [7, 11) is 0. The highest BCUT2D eigenvalue weighted by Gasteiger charge is 2.31. The molecule has 11 heavy (non-hydrogen) atoms. The second kappa shape index (κ2) is 2.53. The van der Waals surface area contributed by atoms with E-state index < -0.39 is 11.9 Å². The second-order valence-corrected chi connectivity index (χ2v) is 1.97. The molecule has 4 heteroatoms. The standard InChI is InChI=1S/C7H4F3N/c1-5-2-3-6(11-4-5)7(8,9)10/h1-4H. The fraction of sp³-hybridized carbons (Fsp3) is 0.143. The van der Waals surface area contributed by atoms with Gasteiger partial charge in [0.25, 0.3) is 0 Å². The summed E-state index contributed by atoms with van der Waals surface area (Å²) in [6, 6.07) is 2.01. The fourth-order valence-corrected chi connectivity index (χ4v) is 0.573. The molecule has 58 valence electrons. The molecular weight excluding hydrogens is 155 g/mol. The largest absolute Gasteiger partial charge is 0.433 e. The van der Waals surface area contributed by atoms with Gasteiger partial charge in [-0.3, -0.25) is 4.98 Å². The van der Waals surface area contributed by atoms with Crippen molar-refractivity contribution in [3.8, 4) is 0 Å². The van der Waals surface area contributed by atoms with Crippen LogP contribution in [0.15, 0.2) is 18.3 Å². The molecule has 1 rings (SSSR count). The van der Waals surface area contributed by atoms with E-state index in [1.165, 1.54) is 0 Å². The average Bonchev–Trinajstić information content (AvgIpc) is 1.86. The number of hydrogen-bond donors (Lipinski definition) is 0. The topological polar surface area (TPSA) is 12.9 Å². The van der Waals surface area contributed by atoms with Gasteiger partial charge in [-0.05, 0) is 11.6 Å². The minimum Gasteiger partial charge on any atom is -0.251 e. The zero-order valence-electron chi connectivity index (χ0n) is 5.39. The summed E-state index contributed by atoms with van der Waals surface area (Å²) in [6.45, 7) is 5.14. The minimum atomic E-state index is -4.38. The van der Waals surface area contributed by atoms with E-state index in [-0.39, 0.29) is 5.56 Å². The molecule has 0 aromatic carbocycles. The van der Waals surface area contributed by atoms with E-state index in [0.717, 1.165) is 18.3 Å². The Kier molecular flexibility index (Phi) is 1.85. The Hall–Kier alpha value is -1.06. The number of hydrogen-bond acceptors (Lipinski definition) is 1. The van der Waals surface area contributed by atoms with Crippen LogP contribution in [0.25, 0.3) is 0 Å². The zero-order chi connectivity index (χ0) is 8.48. The molecular formula is C7H4F3N. The Bertz CT molecular complexity index is 237. The predicted octanol–water partition coefficient (Wildman–Crippen LogP) is 2.16. The van der Waals surface area contributed by atoms with Crippen molar-refractivity contribution in [3.63, 3.8) is 0 Å². The Morgan fingerprint density at radius 3 is 2.27 bits per heavy atom. The summed E-state index contributed by atoms with van der Waals surface area (Å²) < 4.78 is 35.4. The van der Waals surface area contributed by atoms with E-state index in [2.05, 4.69) is 4.98 Å². The third-order valence-electron chi connectivity index (χ3n) is 1.08. The highest BCUT2D eigenvalue weighted by Crippen LogP contribution is 2.26. The van der Waals surface area contributed by atoms with E-state index in [1.54, 1.807) is 0 Å². The van der Waals surface area contributed by atoms with Crippen molar-refractivity contribution in [1.29, 1.82) is 0 Å². The van der Waals surface area contributed by atoms with E-state index in [0.29, 0.717) is 0 Å². The summed E-state index contributed by atoms with van der Waals surface area (Å²) in [5, 5.41) is 0.